The average Bonchev–Trinajstić information content (AvgIpc) is 3.15. The van der Waals surface area contributed by atoms with Crippen LogP contribution in [0.3, 0.4) is 0 Å². The highest BCUT2D eigenvalue weighted by Gasteiger charge is 2.31. The number of ether oxygens (including phenoxy) is 1. The van der Waals surface area contributed by atoms with Gasteiger partial charge in [-0.25, -0.2) is 4.98 Å². The van der Waals surface area contributed by atoms with Crippen molar-refractivity contribution in [1.82, 2.24) is 19.7 Å². The van der Waals surface area contributed by atoms with Crippen molar-refractivity contribution in [2.75, 3.05) is 0 Å². The summed E-state index contributed by atoms with van der Waals surface area (Å²) in [4.78, 5) is 21.7. The summed E-state index contributed by atoms with van der Waals surface area (Å²) in [6.45, 7) is 2.16. The van der Waals surface area contributed by atoms with E-state index in [-0.39, 0.29) is 18.2 Å². The average molecular weight is 475 g/mol. The number of carbonyl (C=O) groups is 1. The Labute approximate surface area is 192 Å². The molecule has 0 aliphatic carbocycles. The third kappa shape index (κ3) is 5.25. The molecule has 0 saturated heterocycles. The minimum absolute atomic E-state index is 0.238. The van der Waals surface area contributed by atoms with Gasteiger partial charge in [-0.15, -0.1) is 13.2 Å². The van der Waals surface area contributed by atoms with Gasteiger partial charge in [0.1, 0.15) is 17.1 Å². The molecule has 1 amide bonds. The number of fused-ring (bicyclic) bond motifs is 1. The number of nitrogens with zero attached hydrogens (tertiary/aromatic N) is 3. The fraction of sp³-hybridized carbons (Fsp3) is 0.174. The van der Waals surface area contributed by atoms with Crippen molar-refractivity contribution in [2.24, 2.45) is 0 Å². The number of nitrogens with one attached hydrogen (secondary N) is 1. The molecule has 0 spiro atoms. The molecule has 0 saturated carbocycles. The Kier molecular flexibility index (Phi) is 6.24. The Morgan fingerprint density at radius 3 is 2.52 bits per heavy atom. The number of hydrogen-bond donors (Lipinski definition) is 1. The largest absolute Gasteiger partial charge is 0.573 e. The van der Waals surface area contributed by atoms with Gasteiger partial charge in [0.25, 0.3) is 5.91 Å². The van der Waals surface area contributed by atoms with Gasteiger partial charge in [-0.05, 0) is 54.4 Å². The van der Waals surface area contributed by atoms with Crippen molar-refractivity contribution in [2.45, 2.75) is 26.3 Å². The fourth-order valence-electron chi connectivity index (χ4n) is 3.35. The van der Waals surface area contributed by atoms with E-state index in [2.05, 4.69) is 20.0 Å². The number of hydrogen-bond acceptors (Lipinski definition) is 4. The molecule has 3 heterocycles. The highest BCUT2D eigenvalue weighted by molar-refractivity contribution is 6.30. The van der Waals surface area contributed by atoms with Gasteiger partial charge in [-0.1, -0.05) is 24.6 Å². The first kappa shape index (κ1) is 22.6. The van der Waals surface area contributed by atoms with Crippen LogP contribution in [0.15, 0.2) is 60.9 Å². The second-order valence-electron chi connectivity index (χ2n) is 7.14. The third-order valence-electron chi connectivity index (χ3n) is 4.87. The van der Waals surface area contributed by atoms with Gasteiger partial charge in [-0.3, -0.25) is 14.2 Å². The molecule has 0 fully saturated rings. The first-order chi connectivity index (χ1) is 15.7. The predicted octanol–water partition coefficient (Wildman–Crippen LogP) is 5.44. The molecule has 4 rings (SSSR count). The molecule has 0 aliphatic rings. The van der Waals surface area contributed by atoms with Gasteiger partial charge in [0.05, 0.1) is 16.4 Å². The van der Waals surface area contributed by atoms with Gasteiger partial charge in [0.2, 0.25) is 0 Å². The molecule has 170 valence electrons. The quantitative estimate of drug-likeness (QED) is 0.404. The molecule has 0 bridgehead atoms. The third-order valence-corrected chi connectivity index (χ3v) is 5.09. The maximum atomic E-state index is 12.9. The lowest BCUT2D eigenvalue weighted by Crippen LogP contribution is -2.25. The second kappa shape index (κ2) is 9.11. The lowest BCUT2D eigenvalue weighted by Gasteiger charge is -2.10. The van der Waals surface area contributed by atoms with Crippen LogP contribution < -0.4 is 10.1 Å². The van der Waals surface area contributed by atoms with Crippen LogP contribution in [0.4, 0.5) is 13.2 Å². The topological polar surface area (TPSA) is 68.5 Å². The Morgan fingerprint density at radius 1 is 1.12 bits per heavy atom. The summed E-state index contributed by atoms with van der Waals surface area (Å²) in [6, 6.07) is 12.4. The number of amides is 1. The van der Waals surface area contributed by atoms with Crippen molar-refractivity contribution >= 4 is 23.2 Å². The maximum absolute atomic E-state index is 12.9. The monoisotopic (exact) mass is 474 g/mol. The van der Waals surface area contributed by atoms with Gasteiger partial charge >= 0.3 is 6.36 Å². The zero-order valence-electron chi connectivity index (χ0n) is 17.4. The summed E-state index contributed by atoms with van der Waals surface area (Å²) in [5.74, 6) is -0.586. The van der Waals surface area contributed by atoms with Crippen LogP contribution in [0.1, 0.15) is 28.7 Å². The van der Waals surface area contributed by atoms with Crippen LogP contribution in [0.25, 0.3) is 16.9 Å². The van der Waals surface area contributed by atoms with Gasteiger partial charge in [-0.2, -0.15) is 0 Å². The number of benzene rings is 1. The Hall–Kier alpha value is -3.59. The molecule has 1 aromatic carbocycles. The van der Waals surface area contributed by atoms with E-state index in [4.69, 9.17) is 11.6 Å². The van der Waals surface area contributed by atoms with E-state index in [1.165, 1.54) is 24.3 Å². The Balaban J connectivity index is 1.44. The van der Waals surface area contributed by atoms with E-state index < -0.39 is 6.36 Å². The SMILES string of the molecule is CCc1nc2ccc(Cl)cn2c1C(=O)NCc1ccc(-c2ccc(OC(F)(F)F)cc2)nc1. The van der Waals surface area contributed by atoms with Crippen LogP contribution in [0.2, 0.25) is 5.02 Å². The molecule has 10 heteroatoms. The lowest BCUT2D eigenvalue weighted by molar-refractivity contribution is -0.274. The predicted molar refractivity (Wildman–Crippen MR) is 117 cm³/mol. The number of aryl methyl sites for hydroxylation is 1. The fourth-order valence-corrected chi connectivity index (χ4v) is 3.51. The zero-order valence-corrected chi connectivity index (χ0v) is 18.1. The summed E-state index contributed by atoms with van der Waals surface area (Å²) in [5.41, 5.74) is 3.71. The first-order valence-corrected chi connectivity index (χ1v) is 10.4. The maximum Gasteiger partial charge on any atom is 0.573 e. The van der Waals surface area contributed by atoms with Crippen LogP contribution in [-0.4, -0.2) is 26.6 Å². The van der Waals surface area contributed by atoms with Crippen LogP contribution >= 0.6 is 11.6 Å². The molecule has 33 heavy (non-hydrogen) atoms. The molecule has 0 aliphatic heterocycles. The van der Waals surface area contributed by atoms with Crippen molar-refractivity contribution in [3.63, 3.8) is 0 Å². The molecule has 1 N–H and O–H groups in total. The lowest BCUT2D eigenvalue weighted by atomic mass is 10.1. The number of halogens is 4. The number of pyridine rings is 2. The zero-order chi connectivity index (χ0) is 23.6. The number of rotatable bonds is 6. The summed E-state index contributed by atoms with van der Waals surface area (Å²) >= 11 is 6.08. The van der Waals surface area contributed by atoms with E-state index in [1.807, 2.05) is 6.92 Å². The normalized spacial score (nSPS) is 11.5. The standard InChI is InChI=1S/C23H18ClF3N4O2/c1-2-18-21(31-13-16(24)6-10-20(31)30-18)22(32)29-12-14-3-9-19(28-11-14)15-4-7-17(8-5-15)33-23(25,26)27/h3-11,13H,2,12H2,1H3,(H,29,32). The highest BCUT2D eigenvalue weighted by Crippen LogP contribution is 2.26. The molecule has 4 aromatic rings. The Morgan fingerprint density at radius 2 is 1.88 bits per heavy atom. The molecule has 6 nitrogen and oxygen atoms in total. The van der Waals surface area contributed by atoms with E-state index >= 15 is 0 Å². The van der Waals surface area contributed by atoms with Crippen LogP contribution in [0.5, 0.6) is 5.75 Å². The van der Waals surface area contributed by atoms with E-state index in [1.54, 1.807) is 41.1 Å². The first-order valence-electron chi connectivity index (χ1n) is 9.99. The van der Waals surface area contributed by atoms with Crippen molar-refractivity contribution in [1.29, 1.82) is 0 Å². The minimum Gasteiger partial charge on any atom is -0.406 e. The van der Waals surface area contributed by atoms with Crippen molar-refractivity contribution in [3.05, 3.63) is 82.9 Å². The molecule has 3 aromatic heterocycles. The summed E-state index contributed by atoms with van der Waals surface area (Å²) < 4.78 is 42.4. The number of imidazole rings is 1. The number of alkyl halides is 3. The molecule has 0 atom stereocenters. The molecule has 0 radical (unpaired) electrons. The summed E-state index contributed by atoms with van der Waals surface area (Å²) in [7, 11) is 0. The number of carbonyl (C=O) groups excluding carboxylic acids is 1. The van der Waals surface area contributed by atoms with E-state index in [0.29, 0.717) is 39.7 Å². The van der Waals surface area contributed by atoms with E-state index in [9.17, 15) is 18.0 Å². The van der Waals surface area contributed by atoms with Crippen LogP contribution in [-0.2, 0) is 13.0 Å². The molecular weight excluding hydrogens is 457 g/mol. The second-order valence-corrected chi connectivity index (χ2v) is 7.58. The van der Waals surface area contributed by atoms with Crippen molar-refractivity contribution in [3.8, 4) is 17.0 Å². The molecular formula is C23H18ClF3N4O2. The van der Waals surface area contributed by atoms with Gasteiger partial charge in [0, 0.05) is 24.5 Å². The molecule has 0 unspecified atom stereocenters. The van der Waals surface area contributed by atoms with Gasteiger partial charge in [0.15, 0.2) is 0 Å². The van der Waals surface area contributed by atoms with Gasteiger partial charge < -0.3 is 10.1 Å². The smallest absolute Gasteiger partial charge is 0.406 e. The van der Waals surface area contributed by atoms with Crippen molar-refractivity contribution < 1.29 is 22.7 Å². The summed E-state index contributed by atoms with van der Waals surface area (Å²) in [6.07, 6.45) is -0.897. The van der Waals surface area contributed by atoms with Crippen LogP contribution in [0, 0.1) is 0 Å². The highest BCUT2D eigenvalue weighted by atomic mass is 35.5. The Bertz CT molecular complexity index is 1290. The summed E-state index contributed by atoms with van der Waals surface area (Å²) in [5, 5.41) is 3.36. The van der Waals surface area contributed by atoms with E-state index in [0.717, 1.165) is 5.56 Å². The minimum atomic E-state index is -4.74. The number of aromatic nitrogens is 3.